The Labute approximate surface area is 111 Å². The predicted molar refractivity (Wildman–Crippen MR) is 70.4 cm³/mol. The molecular formula is C13H18N2O4. The third-order valence-corrected chi connectivity index (χ3v) is 3.05. The number of carbonyl (C=O) groups is 1. The number of rotatable bonds is 3. The summed E-state index contributed by atoms with van der Waals surface area (Å²) < 4.78 is 10.4. The first-order valence-electron chi connectivity index (χ1n) is 6.15. The molecule has 2 amide bonds. The maximum absolute atomic E-state index is 12.2. The second-order valence-corrected chi connectivity index (χ2v) is 4.24. The van der Waals surface area contributed by atoms with Crippen LogP contribution in [0.3, 0.4) is 0 Å². The van der Waals surface area contributed by atoms with E-state index in [2.05, 4.69) is 5.32 Å². The van der Waals surface area contributed by atoms with Crippen LogP contribution in [0.5, 0.6) is 5.75 Å². The number of hydrogen-bond donors (Lipinski definition) is 2. The van der Waals surface area contributed by atoms with Gasteiger partial charge in [0.05, 0.1) is 38.7 Å². The molecule has 2 rings (SSSR count). The van der Waals surface area contributed by atoms with Crippen LogP contribution >= 0.6 is 0 Å². The minimum atomic E-state index is -0.302. The van der Waals surface area contributed by atoms with E-state index in [9.17, 15) is 9.90 Å². The molecule has 1 atom stereocenters. The van der Waals surface area contributed by atoms with Crippen molar-refractivity contribution < 1.29 is 19.4 Å². The number of benzene rings is 1. The van der Waals surface area contributed by atoms with E-state index in [1.807, 2.05) is 12.1 Å². The molecule has 6 nitrogen and oxygen atoms in total. The van der Waals surface area contributed by atoms with Gasteiger partial charge < -0.3 is 24.8 Å². The molecule has 104 valence electrons. The maximum Gasteiger partial charge on any atom is 0.322 e. The molecule has 1 aromatic carbocycles. The van der Waals surface area contributed by atoms with Gasteiger partial charge in [0, 0.05) is 6.54 Å². The Hall–Kier alpha value is -1.79. The largest absolute Gasteiger partial charge is 0.495 e. The summed E-state index contributed by atoms with van der Waals surface area (Å²) in [5, 5.41) is 12.0. The van der Waals surface area contributed by atoms with E-state index in [0.717, 1.165) is 0 Å². The number of ether oxygens (including phenoxy) is 2. The summed E-state index contributed by atoms with van der Waals surface area (Å²) in [5.74, 6) is 0.602. The van der Waals surface area contributed by atoms with E-state index in [0.29, 0.717) is 31.2 Å². The average Bonchev–Trinajstić information content (AvgIpc) is 2.47. The van der Waals surface area contributed by atoms with E-state index in [4.69, 9.17) is 9.47 Å². The number of urea groups is 1. The Kier molecular flexibility index (Phi) is 4.59. The van der Waals surface area contributed by atoms with Gasteiger partial charge in [-0.15, -0.1) is 0 Å². The van der Waals surface area contributed by atoms with Crippen LogP contribution < -0.4 is 10.1 Å². The van der Waals surface area contributed by atoms with E-state index in [1.165, 1.54) is 0 Å². The Bertz CT molecular complexity index is 438. The second kappa shape index (κ2) is 6.40. The second-order valence-electron chi connectivity index (χ2n) is 4.24. The molecule has 0 bridgehead atoms. The lowest BCUT2D eigenvalue weighted by atomic mass is 10.2. The number of hydrogen-bond acceptors (Lipinski definition) is 4. The quantitative estimate of drug-likeness (QED) is 0.853. The first kappa shape index (κ1) is 13.6. The van der Waals surface area contributed by atoms with E-state index < -0.39 is 0 Å². The first-order chi connectivity index (χ1) is 9.26. The lowest BCUT2D eigenvalue weighted by Crippen LogP contribution is -2.52. The van der Waals surface area contributed by atoms with Crippen LogP contribution in [0.15, 0.2) is 24.3 Å². The van der Waals surface area contributed by atoms with Crippen molar-refractivity contribution in [1.29, 1.82) is 0 Å². The molecule has 2 N–H and O–H groups in total. The Morgan fingerprint density at radius 2 is 2.37 bits per heavy atom. The van der Waals surface area contributed by atoms with Crippen LogP contribution in [0.2, 0.25) is 0 Å². The molecule has 1 heterocycles. The maximum atomic E-state index is 12.2. The fraction of sp³-hybridized carbons (Fsp3) is 0.462. The van der Waals surface area contributed by atoms with Crippen LogP contribution in [0.4, 0.5) is 10.5 Å². The zero-order valence-corrected chi connectivity index (χ0v) is 10.8. The van der Waals surface area contributed by atoms with E-state index in [1.54, 1.807) is 24.1 Å². The van der Waals surface area contributed by atoms with Gasteiger partial charge in [0.1, 0.15) is 5.75 Å². The summed E-state index contributed by atoms with van der Waals surface area (Å²) in [5.41, 5.74) is 0.609. The Morgan fingerprint density at radius 1 is 1.58 bits per heavy atom. The van der Waals surface area contributed by atoms with Crippen molar-refractivity contribution in [2.45, 2.75) is 6.04 Å². The average molecular weight is 266 g/mol. The van der Waals surface area contributed by atoms with Crippen molar-refractivity contribution in [2.24, 2.45) is 0 Å². The fourth-order valence-electron chi connectivity index (χ4n) is 2.01. The highest BCUT2D eigenvalue weighted by molar-refractivity contribution is 5.91. The number of morpholine rings is 1. The summed E-state index contributed by atoms with van der Waals surface area (Å²) in [6.45, 7) is 1.19. The van der Waals surface area contributed by atoms with Crippen LogP contribution in [0.25, 0.3) is 0 Å². The number of anilines is 1. The molecule has 1 aliphatic rings. The summed E-state index contributed by atoms with van der Waals surface area (Å²) in [4.78, 5) is 13.8. The van der Waals surface area contributed by atoms with E-state index in [-0.39, 0.29) is 18.7 Å². The molecule has 0 saturated carbocycles. The fourth-order valence-corrected chi connectivity index (χ4v) is 2.01. The van der Waals surface area contributed by atoms with Crippen molar-refractivity contribution in [3.63, 3.8) is 0 Å². The minimum Gasteiger partial charge on any atom is -0.495 e. The number of amides is 2. The molecule has 0 aromatic heterocycles. The predicted octanol–water partition coefficient (Wildman–Crippen LogP) is 0.920. The molecule has 1 aliphatic heterocycles. The van der Waals surface area contributed by atoms with E-state index >= 15 is 0 Å². The van der Waals surface area contributed by atoms with Gasteiger partial charge in [-0.2, -0.15) is 0 Å². The van der Waals surface area contributed by atoms with Crippen molar-refractivity contribution in [2.75, 3.05) is 38.8 Å². The van der Waals surface area contributed by atoms with Gasteiger partial charge in [-0.25, -0.2) is 4.79 Å². The molecule has 1 saturated heterocycles. The molecule has 1 unspecified atom stereocenters. The topological polar surface area (TPSA) is 71.0 Å². The summed E-state index contributed by atoms with van der Waals surface area (Å²) in [6.07, 6.45) is 0. The monoisotopic (exact) mass is 266 g/mol. The highest BCUT2D eigenvalue weighted by atomic mass is 16.5. The van der Waals surface area contributed by atoms with Crippen LogP contribution in [-0.4, -0.2) is 55.6 Å². The number of aliphatic hydroxyl groups excluding tert-OH is 1. The van der Waals surface area contributed by atoms with Crippen molar-refractivity contribution in [3.8, 4) is 5.75 Å². The van der Waals surface area contributed by atoms with Gasteiger partial charge >= 0.3 is 6.03 Å². The summed E-state index contributed by atoms with van der Waals surface area (Å²) >= 11 is 0. The van der Waals surface area contributed by atoms with Gasteiger partial charge in [-0.05, 0) is 12.1 Å². The zero-order chi connectivity index (χ0) is 13.7. The van der Waals surface area contributed by atoms with Crippen LogP contribution in [0.1, 0.15) is 0 Å². The van der Waals surface area contributed by atoms with Gasteiger partial charge in [0.2, 0.25) is 0 Å². The molecule has 0 radical (unpaired) electrons. The molecule has 0 spiro atoms. The number of aliphatic hydroxyl groups is 1. The number of para-hydroxylation sites is 2. The third kappa shape index (κ3) is 3.15. The molecule has 1 aromatic rings. The first-order valence-corrected chi connectivity index (χ1v) is 6.15. The summed E-state index contributed by atoms with van der Waals surface area (Å²) in [7, 11) is 1.55. The number of carbonyl (C=O) groups excluding carboxylic acids is 1. The molecule has 6 heteroatoms. The smallest absolute Gasteiger partial charge is 0.322 e. The molecular weight excluding hydrogens is 248 g/mol. The molecule has 0 aliphatic carbocycles. The van der Waals surface area contributed by atoms with Crippen molar-refractivity contribution in [3.05, 3.63) is 24.3 Å². The number of nitrogens with zero attached hydrogens (tertiary/aromatic N) is 1. The minimum absolute atomic E-state index is 0.112. The lowest BCUT2D eigenvalue weighted by Gasteiger charge is -2.34. The normalized spacial score (nSPS) is 19.1. The Morgan fingerprint density at radius 3 is 3.11 bits per heavy atom. The van der Waals surface area contributed by atoms with Crippen molar-refractivity contribution >= 4 is 11.7 Å². The van der Waals surface area contributed by atoms with Crippen LogP contribution in [-0.2, 0) is 4.74 Å². The van der Waals surface area contributed by atoms with Gasteiger partial charge in [0.25, 0.3) is 0 Å². The van der Waals surface area contributed by atoms with Gasteiger partial charge in [0.15, 0.2) is 0 Å². The molecule has 1 fully saturated rings. The standard InChI is InChI=1S/C13H18N2O4/c1-18-12-5-3-2-4-11(12)14-13(17)15-6-7-19-9-10(15)8-16/h2-5,10,16H,6-9H2,1H3,(H,14,17). The highest BCUT2D eigenvalue weighted by Crippen LogP contribution is 2.23. The third-order valence-electron chi connectivity index (χ3n) is 3.05. The van der Waals surface area contributed by atoms with Crippen LogP contribution in [0, 0.1) is 0 Å². The number of methoxy groups -OCH3 is 1. The number of nitrogens with one attached hydrogen (secondary N) is 1. The molecule has 19 heavy (non-hydrogen) atoms. The lowest BCUT2D eigenvalue weighted by molar-refractivity contribution is -0.00485. The van der Waals surface area contributed by atoms with Crippen molar-refractivity contribution in [1.82, 2.24) is 4.90 Å². The SMILES string of the molecule is COc1ccccc1NC(=O)N1CCOCC1CO. The Balaban J connectivity index is 2.07. The van der Waals surface area contributed by atoms with Gasteiger partial charge in [-0.1, -0.05) is 12.1 Å². The summed E-state index contributed by atoms with van der Waals surface area (Å²) in [6, 6.07) is 6.64. The highest BCUT2D eigenvalue weighted by Gasteiger charge is 2.27. The zero-order valence-electron chi connectivity index (χ0n) is 10.8. The van der Waals surface area contributed by atoms with Gasteiger partial charge in [-0.3, -0.25) is 0 Å².